The fourth-order valence-electron chi connectivity index (χ4n) is 2.20. The highest BCUT2D eigenvalue weighted by molar-refractivity contribution is 6.17. The van der Waals surface area contributed by atoms with Gasteiger partial charge in [0.25, 0.3) is 0 Å². The minimum Gasteiger partial charge on any atom is -0.464 e. The Balaban J connectivity index is 2.30. The van der Waals surface area contributed by atoms with E-state index in [0.29, 0.717) is 12.4 Å². The topological polar surface area (TPSA) is 29.3 Å². The zero-order valence-corrected chi connectivity index (χ0v) is 12.6. The lowest BCUT2D eigenvalue weighted by atomic mass is 10.1. The second-order valence-electron chi connectivity index (χ2n) is 4.88. The van der Waals surface area contributed by atoms with Crippen LogP contribution in [-0.2, 0) is 12.4 Å². The number of hydrogen-bond acceptors (Lipinski definition) is 3. The predicted molar refractivity (Wildman–Crippen MR) is 78.8 cm³/mol. The average Bonchev–Trinajstić information content (AvgIpc) is 2.73. The Morgan fingerprint density at radius 2 is 2.00 bits per heavy atom. The van der Waals surface area contributed by atoms with Gasteiger partial charge in [0.15, 0.2) is 0 Å². The van der Waals surface area contributed by atoms with Gasteiger partial charge < -0.3 is 9.32 Å². The predicted octanol–water partition coefficient (Wildman–Crippen LogP) is 3.98. The van der Waals surface area contributed by atoms with Crippen LogP contribution in [0.15, 0.2) is 22.6 Å². The highest BCUT2D eigenvalue weighted by atomic mass is 35.5. The molecule has 0 aliphatic heterocycles. The van der Waals surface area contributed by atoms with Gasteiger partial charge in [0.2, 0.25) is 0 Å². The van der Waals surface area contributed by atoms with Crippen LogP contribution in [0.25, 0.3) is 0 Å². The molecule has 0 atom stereocenters. The molecule has 19 heavy (non-hydrogen) atoms. The Morgan fingerprint density at radius 1 is 1.26 bits per heavy atom. The number of aryl methyl sites for hydroxylation is 3. The van der Waals surface area contributed by atoms with E-state index in [0.717, 1.165) is 28.6 Å². The maximum atomic E-state index is 6.05. The number of hydrogen-bond donors (Lipinski definition) is 0. The van der Waals surface area contributed by atoms with Crippen molar-refractivity contribution in [2.24, 2.45) is 0 Å². The third-order valence-corrected chi connectivity index (χ3v) is 3.41. The maximum Gasteiger partial charge on any atom is 0.133 e. The van der Waals surface area contributed by atoms with Crippen LogP contribution < -0.4 is 4.90 Å². The molecule has 0 aliphatic carbocycles. The van der Waals surface area contributed by atoms with Gasteiger partial charge in [-0.3, -0.25) is 0 Å². The van der Waals surface area contributed by atoms with Gasteiger partial charge in [-0.05, 0) is 44.5 Å². The van der Waals surface area contributed by atoms with E-state index in [4.69, 9.17) is 16.0 Å². The van der Waals surface area contributed by atoms with Crippen molar-refractivity contribution in [3.8, 4) is 0 Å². The van der Waals surface area contributed by atoms with E-state index < -0.39 is 0 Å². The molecule has 0 aliphatic rings. The Hall–Kier alpha value is -1.48. The molecule has 0 unspecified atom stereocenters. The smallest absolute Gasteiger partial charge is 0.133 e. The zero-order valence-electron chi connectivity index (χ0n) is 11.8. The first kappa shape index (κ1) is 13.9. The van der Waals surface area contributed by atoms with Crippen LogP contribution in [0.3, 0.4) is 0 Å². The van der Waals surface area contributed by atoms with Crippen LogP contribution in [0.1, 0.15) is 28.3 Å². The van der Waals surface area contributed by atoms with Crippen molar-refractivity contribution in [2.75, 3.05) is 11.9 Å². The number of anilines is 1. The van der Waals surface area contributed by atoms with Gasteiger partial charge >= 0.3 is 0 Å². The summed E-state index contributed by atoms with van der Waals surface area (Å²) in [5.41, 5.74) is 3.27. The Labute approximate surface area is 119 Å². The molecule has 3 nitrogen and oxygen atoms in total. The third-order valence-electron chi connectivity index (χ3n) is 3.14. The molecule has 0 amide bonds. The highest BCUT2D eigenvalue weighted by Gasteiger charge is 2.13. The van der Waals surface area contributed by atoms with E-state index in [2.05, 4.69) is 22.9 Å². The summed E-state index contributed by atoms with van der Waals surface area (Å²) in [5, 5.41) is 0. The van der Waals surface area contributed by atoms with Gasteiger partial charge in [-0.25, -0.2) is 4.98 Å². The normalized spacial score (nSPS) is 10.8. The number of aromatic nitrogens is 1. The molecule has 2 aromatic rings. The molecule has 0 fully saturated rings. The summed E-state index contributed by atoms with van der Waals surface area (Å²) in [6.07, 6.45) is 0. The van der Waals surface area contributed by atoms with Crippen LogP contribution in [0.2, 0.25) is 0 Å². The van der Waals surface area contributed by atoms with Crippen molar-refractivity contribution in [1.82, 2.24) is 4.98 Å². The number of rotatable bonds is 4. The molecule has 0 bridgehead atoms. The summed E-state index contributed by atoms with van der Waals surface area (Å²) in [6.45, 7) is 6.70. The summed E-state index contributed by atoms with van der Waals surface area (Å²) in [7, 11) is 2.01. The Bertz CT molecular complexity index is 578. The van der Waals surface area contributed by atoms with Gasteiger partial charge in [-0.1, -0.05) is 0 Å². The number of furan rings is 1. The zero-order chi connectivity index (χ0) is 14.0. The first-order valence-corrected chi connectivity index (χ1v) is 6.84. The van der Waals surface area contributed by atoms with Crippen molar-refractivity contribution in [2.45, 2.75) is 33.2 Å². The highest BCUT2D eigenvalue weighted by Crippen LogP contribution is 2.25. The largest absolute Gasteiger partial charge is 0.464 e. The van der Waals surface area contributed by atoms with Gasteiger partial charge in [-0.2, -0.15) is 0 Å². The van der Waals surface area contributed by atoms with Crippen molar-refractivity contribution in [1.29, 1.82) is 0 Å². The van der Waals surface area contributed by atoms with E-state index in [1.165, 1.54) is 5.56 Å². The molecule has 4 heteroatoms. The monoisotopic (exact) mass is 278 g/mol. The minimum absolute atomic E-state index is 0.468. The standard InChI is InChI=1S/C15H19ClN2O/c1-10-7-11(2)17-15(14(10)8-16)18(4)9-13-6-5-12(3)19-13/h5-7H,8-9H2,1-4H3. The van der Waals surface area contributed by atoms with E-state index in [1.54, 1.807) is 0 Å². The van der Waals surface area contributed by atoms with Crippen molar-refractivity contribution in [3.63, 3.8) is 0 Å². The second kappa shape index (κ2) is 5.66. The molecular formula is C15H19ClN2O. The minimum atomic E-state index is 0.468. The number of nitrogens with zero attached hydrogens (tertiary/aromatic N) is 2. The van der Waals surface area contributed by atoms with E-state index in [1.807, 2.05) is 33.0 Å². The summed E-state index contributed by atoms with van der Waals surface area (Å²) < 4.78 is 5.61. The molecule has 2 heterocycles. The van der Waals surface area contributed by atoms with Gasteiger partial charge in [0, 0.05) is 18.3 Å². The summed E-state index contributed by atoms with van der Waals surface area (Å²) >= 11 is 6.05. The summed E-state index contributed by atoms with van der Waals surface area (Å²) in [4.78, 5) is 6.69. The number of alkyl halides is 1. The quantitative estimate of drug-likeness (QED) is 0.793. The van der Waals surface area contributed by atoms with Crippen molar-refractivity contribution in [3.05, 3.63) is 46.5 Å². The molecule has 2 aromatic heterocycles. The molecule has 0 N–H and O–H groups in total. The fourth-order valence-corrected chi connectivity index (χ4v) is 2.53. The van der Waals surface area contributed by atoms with Crippen molar-refractivity contribution >= 4 is 17.4 Å². The van der Waals surface area contributed by atoms with Gasteiger partial charge in [-0.15, -0.1) is 11.6 Å². The van der Waals surface area contributed by atoms with E-state index in [-0.39, 0.29) is 0 Å². The van der Waals surface area contributed by atoms with E-state index in [9.17, 15) is 0 Å². The van der Waals surface area contributed by atoms with Crippen LogP contribution in [-0.4, -0.2) is 12.0 Å². The lowest BCUT2D eigenvalue weighted by molar-refractivity contribution is 0.481. The lowest BCUT2D eigenvalue weighted by Gasteiger charge is -2.21. The first-order valence-electron chi connectivity index (χ1n) is 6.30. The Morgan fingerprint density at radius 3 is 2.58 bits per heavy atom. The molecule has 0 saturated carbocycles. The van der Waals surface area contributed by atoms with Gasteiger partial charge in [0.05, 0.1) is 12.4 Å². The summed E-state index contributed by atoms with van der Waals surface area (Å²) in [6, 6.07) is 6.03. The SMILES string of the molecule is Cc1cc(C)c(CCl)c(N(C)Cc2ccc(C)o2)n1. The molecule has 0 aromatic carbocycles. The van der Waals surface area contributed by atoms with Crippen LogP contribution >= 0.6 is 11.6 Å². The number of halogens is 1. The molecule has 2 rings (SSSR count). The van der Waals surface area contributed by atoms with Crippen LogP contribution in [0.5, 0.6) is 0 Å². The lowest BCUT2D eigenvalue weighted by Crippen LogP contribution is -2.20. The van der Waals surface area contributed by atoms with E-state index >= 15 is 0 Å². The molecule has 0 spiro atoms. The molecule has 0 radical (unpaired) electrons. The summed E-state index contributed by atoms with van der Waals surface area (Å²) in [5.74, 6) is 3.26. The van der Waals surface area contributed by atoms with Crippen LogP contribution in [0.4, 0.5) is 5.82 Å². The second-order valence-corrected chi connectivity index (χ2v) is 5.15. The average molecular weight is 279 g/mol. The third kappa shape index (κ3) is 3.10. The maximum absolute atomic E-state index is 6.05. The number of pyridine rings is 1. The van der Waals surface area contributed by atoms with Crippen LogP contribution in [0, 0.1) is 20.8 Å². The van der Waals surface area contributed by atoms with Crippen molar-refractivity contribution < 1.29 is 4.42 Å². The first-order chi connectivity index (χ1) is 9.01. The Kier molecular flexibility index (Phi) is 4.15. The van der Waals surface area contributed by atoms with Gasteiger partial charge in [0.1, 0.15) is 17.3 Å². The molecule has 0 saturated heterocycles. The fraction of sp³-hybridized carbons (Fsp3) is 0.400. The molecule has 102 valence electrons. The molecular weight excluding hydrogens is 260 g/mol.